The molecule has 0 aliphatic carbocycles. The molecular weight excluding hydrogens is 350 g/mol. The zero-order chi connectivity index (χ0) is 18.7. The summed E-state index contributed by atoms with van der Waals surface area (Å²) in [5, 5.41) is 3.47. The topological polar surface area (TPSA) is 52.7 Å². The van der Waals surface area contributed by atoms with E-state index in [1.807, 2.05) is 42.2 Å². The van der Waals surface area contributed by atoms with E-state index in [9.17, 15) is 9.59 Å². The summed E-state index contributed by atoms with van der Waals surface area (Å²) in [4.78, 5) is 27.9. The number of rotatable bonds is 3. The summed E-state index contributed by atoms with van der Waals surface area (Å²) < 4.78 is 0. The van der Waals surface area contributed by atoms with Gasteiger partial charge in [0.2, 0.25) is 5.91 Å². The van der Waals surface area contributed by atoms with Crippen molar-refractivity contribution in [1.29, 1.82) is 0 Å². The lowest BCUT2D eigenvalue weighted by Gasteiger charge is -2.35. The van der Waals surface area contributed by atoms with Crippen LogP contribution in [0.4, 0.5) is 11.4 Å². The molecule has 1 N–H and O–H groups in total. The normalized spacial score (nSPS) is 14.3. The molecule has 1 fully saturated rings. The predicted molar refractivity (Wildman–Crippen MR) is 105 cm³/mol. The summed E-state index contributed by atoms with van der Waals surface area (Å²) in [5.74, 6) is -0.0614. The number of benzene rings is 2. The summed E-state index contributed by atoms with van der Waals surface area (Å²) in [6, 6.07) is 13.0. The van der Waals surface area contributed by atoms with Crippen LogP contribution in [-0.2, 0) is 4.79 Å². The van der Waals surface area contributed by atoms with Crippen LogP contribution >= 0.6 is 11.6 Å². The number of carbonyl (C=O) groups is 2. The van der Waals surface area contributed by atoms with Gasteiger partial charge in [-0.05, 0) is 48.9 Å². The van der Waals surface area contributed by atoms with E-state index in [1.54, 1.807) is 19.1 Å². The quantitative estimate of drug-likeness (QED) is 0.897. The van der Waals surface area contributed by atoms with Gasteiger partial charge in [0.15, 0.2) is 0 Å². The average molecular weight is 372 g/mol. The van der Waals surface area contributed by atoms with Gasteiger partial charge < -0.3 is 15.1 Å². The number of nitrogens with zero attached hydrogens (tertiary/aromatic N) is 2. The summed E-state index contributed by atoms with van der Waals surface area (Å²) in [6.45, 7) is 6.61. The Kier molecular flexibility index (Phi) is 5.47. The van der Waals surface area contributed by atoms with Crippen LogP contribution in [-0.4, -0.2) is 42.9 Å². The van der Waals surface area contributed by atoms with E-state index in [4.69, 9.17) is 11.6 Å². The van der Waals surface area contributed by atoms with E-state index >= 15 is 0 Å². The van der Waals surface area contributed by atoms with Crippen molar-refractivity contribution < 1.29 is 9.59 Å². The third kappa shape index (κ3) is 4.17. The van der Waals surface area contributed by atoms with Gasteiger partial charge in [0.25, 0.3) is 5.91 Å². The molecule has 1 heterocycles. The Bertz CT molecular complexity index is 812. The van der Waals surface area contributed by atoms with Crippen LogP contribution in [0.2, 0.25) is 5.02 Å². The highest BCUT2D eigenvalue weighted by Gasteiger charge is 2.18. The van der Waals surface area contributed by atoms with Gasteiger partial charge in [-0.25, -0.2) is 0 Å². The summed E-state index contributed by atoms with van der Waals surface area (Å²) in [6.07, 6.45) is 0. The Labute approximate surface area is 158 Å². The second-order valence-electron chi connectivity index (χ2n) is 6.46. The Balaban J connectivity index is 1.62. The van der Waals surface area contributed by atoms with Gasteiger partial charge in [-0.1, -0.05) is 17.7 Å². The lowest BCUT2D eigenvalue weighted by Crippen LogP contribution is -2.48. The first kappa shape index (κ1) is 18.3. The second-order valence-corrected chi connectivity index (χ2v) is 6.87. The van der Waals surface area contributed by atoms with Crippen LogP contribution < -0.4 is 10.2 Å². The molecule has 0 unspecified atom stereocenters. The molecular formula is C20H22ClN3O2. The molecule has 2 aromatic carbocycles. The number of nitrogens with one attached hydrogen (secondary N) is 1. The van der Waals surface area contributed by atoms with Crippen molar-refractivity contribution in [2.75, 3.05) is 36.4 Å². The number of halogens is 1. The van der Waals surface area contributed by atoms with Gasteiger partial charge in [0.05, 0.1) is 0 Å². The molecule has 0 aromatic heterocycles. The highest BCUT2D eigenvalue weighted by atomic mass is 35.5. The van der Waals surface area contributed by atoms with E-state index in [0.29, 0.717) is 10.6 Å². The first-order chi connectivity index (χ1) is 12.4. The molecule has 0 bridgehead atoms. The molecule has 0 saturated carbocycles. The predicted octanol–water partition coefficient (Wildman–Crippen LogP) is 3.57. The van der Waals surface area contributed by atoms with E-state index in [-0.39, 0.29) is 11.8 Å². The van der Waals surface area contributed by atoms with Crippen molar-refractivity contribution in [3.63, 3.8) is 0 Å². The van der Waals surface area contributed by atoms with E-state index in [1.165, 1.54) is 0 Å². The minimum absolute atomic E-state index is 0.124. The lowest BCUT2D eigenvalue weighted by atomic mass is 10.1. The largest absolute Gasteiger partial charge is 0.368 e. The maximum atomic E-state index is 12.3. The first-order valence-corrected chi connectivity index (χ1v) is 9.00. The number of anilines is 2. The van der Waals surface area contributed by atoms with Gasteiger partial charge in [-0.2, -0.15) is 0 Å². The molecule has 2 amide bonds. The van der Waals surface area contributed by atoms with Crippen molar-refractivity contribution in [2.45, 2.75) is 13.8 Å². The minimum Gasteiger partial charge on any atom is -0.368 e. The summed E-state index contributed by atoms with van der Waals surface area (Å²) >= 11 is 6.09. The van der Waals surface area contributed by atoms with Crippen molar-refractivity contribution in [3.05, 3.63) is 58.6 Å². The molecule has 26 heavy (non-hydrogen) atoms. The SMILES string of the molecule is CC(=O)N1CCN(c2ccc(NC(=O)c3ccc(C)c(Cl)c3)cc2)CC1. The molecule has 0 atom stereocenters. The number of piperazine rings is 1. The third-order valence-electron chi connectivity index (χ3n) is 4.65. The van der Waals surface area contributed by atoms with Crippen LogP contribution in [0.1, 0.15) is 22.8 Å². The van der Waals surface area contributed by atoms with Crippen LogP contribution in [0.5, 0.6) is 0 Å². The van der Waals surface area contributed by atoms with Gasteiger partial charge in [-0.15, -0.1) is 0 Å². The summed E-state index contributed by atoms with van der Waals surface area (Å²) in [7, 11) is 0. The number of hydrogen-bond acceptors (Lipinski definition) is 3. The number of amides is 2. The van der Waals surface area contributed by atoms with Gasteiger partial charge >= 0.3 is 0 Å². The second kappa shape index (κ2) is 7.79. The van der Waals surface area contributed by atoms with Crippen molar-refractivity contribution in [3.8, 4) is 0 Å². The van der Waals surface area contributed by atoms with Crippen molar-refractivity contribution in [1.82, 2.24) is 4.90 Å². The third-order valence-corrected chi connectivity index (χ3v) is 5.06. The molecule has 3 rings (SSSR count). The Morgan fingerprint density at radius 1 is 1.00 bits per heavy atom. The Hall–Kier alpha value is -2.53. The molecule has 1 aliphatic heterocycles. The fourth-order valence-corrected chi connectivity index (χ4v) is 3.15. The maximum Gasteiger partial charge on any atom is 0.255 e. The van der Waals surface area contributed by atoms with E-state index < -0.39 is 0 Å². The molecule has 136 valence electrons. The molecule has 0 radical (unpaired) electrons. The summed E-state index contributed by atoms with van der Waals surface area (Å²) in [5.41, 5.74) is 3.30. The highest BCUT2D eigenvalue weighted by molar-refractivity contribution is 6.31. The highest BCUT2D eigenvalue weighted by Crippen LogP contribution is 2.21. The maximum absolute atomic E-state index is 12.3. The van der Waals surface area contributed by atoms with Crippen molar-refractivity contribution >= 4 is 34.8 Å². The number of carbonyl (C=O) groups excluding carboxylic acids is 2. The lowest BCUT2D eigenvalue weighted by molar-refractivity contribution is -0.129. The average Bonchev–Trinajstić information content (AvgIpc) is 2.64. The molecule has 5 nitrogen and oxygen atoms in total. The number of aryl methyl sites for hydroxylation is 1. The Morgan fingerprint density at radius 3 is 2.23 bits per heavy atom. The van der Waals surface area contributed by atoms with E-state index in [2.05, 4.69) is 10.2 Å². The molecule has 0 spiro atoms. The van der Waals surface area contributed by atoms with Crippen molar-refractivity contribution in [2.24, 2.45) is 0 Å². The van der Waals surface area contributed by atoms with Gasteiger partial charge in [0.1, 0.15) is 0 Å². The minimum atomic E-state index is -0.185. The molecule has 2 aromatic rings. The molecule has 6 heteroatoms. The van der Waals surface area contributed by atoms with E-state index in [0.717, 1.165) is 43.1 Å². The van der Waals surface area contributed by atoms with Crippen LogP contribution in [0.15, 0.2) is 42.5 Å². The van der Waals surface area contributed by atoms with Crippen LogP contribution in [0, 0.1) is 6.92 Å². The monoisotopic (exact) mass is 371 g/mol. The smallest absolute Gasteiger partial charge is 0.255 e. The van der Waals surface area contributed by atoms with Gasteiger partial charge in [-0.3, -0.25) is 9.59 Å². The fourth-order valence-electron chi connectivity index (χ4n) is 2.97. The number of hydrogen-bond donors (Lipinski definition) is 1. The Morgan fingerprint density at radius 2 is 1.65 bits per heavy atom. The molecule has 1 saturated heterocycles. The zero-order valence-electron chi connectivity index (χ0n) is 15.0. The fraction of sp³-hybridized carbons (Fsp3) is 0.300. The molecule has 1 aliphatic rings. The van der Waals surface area contributed by atoms with Crippen LogP contribution in [0.3, 0.4) is 0 Å². The zero-order valence-corrected chi connectivity index (χ0v) is 15.7. The first-order valence-electron chi connectivity index (χ1n) is 8.62. The van der Waals surface area contributed by atoms with Gasteiger partial charge in [0, 0.05) is 55.1 Å². The standard InChI is InChI=1S/C20H22ClN3O2/c1-14-3-4-16(13-19(14)21)20(26)22-17-5-7-18(8-6-17)24-11-9-23(10-12-24)15(2)25/h3-8,13H,9-12H2,1-2H3,(H,22,26). The van der Waals surface area contributed by atoms with Crippen LogP contribution in [0.25, 0.3) is 0 Å².